The standard InChI is InChI=1S/C12H12ClNO5S2/c13-20(15,16)11-4-1-5-12(9-11)21(17,18)14-7-6-10-3-2-8-19-10/h1-5,8-9,14H,6-7H2. The lowest BCUT2D eigenvalue weighted by Crippen LogP contribution is -2.26. The third-order valence-corrected chi connectivity index (χ3v) is 5.45. The number of furan rings is 1. The minimum Gasteiger partial charge on any atom is -0.469 e. The normalized spacial score (nSPS) is 12.4. The summed E-state index contributed by atoms with van der Waals surface area (Å²) in [6, 6.07) is 8.28. The fourth-order valence-electron chi connectivity index (χ4n) is 1.64. The van der Waals surface area contributed by atoms with Crippen molar-refractivity contribution in [3.05, 3.63) is 48.4 Å². The highest BCUT2D eigenvalue weighted by Crippen LogP contribution is 2.19. The van der Waals surface area contributed by atoms with E-state index in [0.717, 1.165) is 6.07 Å². The third kappa shape index (κ3) is 4.31. The van der Waals surface area contributed by atoms with Crippen molar-refractivity contribution in [1.29, 1.82) is 0 Å². The molecule has 0 unspecified atom stereocenters. The van der Waals surface area contributed by atoms with Gasteiger partial charge in [0.15, 0.2) is 0 Å². The largest absolute Gasteiger partial charge is 0.469 e. The van der Waals surface area contributed by atoms with E-state index in [1.165, 1.54) is 24.5 Å². The summed E-state index contributed by atoms with van der Waals surface area (Å²) < 4.78 is 54.0. The van der Waals surface area contributed by atoms with Gasteiger partial charge in [-0.1, -0.05) is 6.07 Å². The molecule has 0 aliphatic heterocycles. The van der Waals surface area contributed by atoms with E-state index in [-0.39, 0.29) is 16.3 Å². The minimum absolute atomic E-state index is 0.133. The molecule has 1 aromatic carbocycles. The van der Waals surface area contributed by atoms with E-state index >= 15 is 0 Å². The first kappa shape index (κ1) is 16.0. The maximum Gasteiger partial charge on any atom is 0.261 e. The van der Waals surface area contributed by atoms with Gasteiger partial charge in [-0.2, -0.15) is 0 Å². The van der Waals surface area contributed by atoms with Crippen LogP contribution in [-0.2, 0) is 25.5 Å². The predicted octanol–water partition coefficient (Wildman–Crippen LogP) is 1.73. The zero-order valence-electron chi connectivity index (χ0n) is 10.7. The number of hydrogen-bond donors (Lipinski definition) is 1. The Morgan fingerprint density at radius 1 is 1.05 bits per heavy atom. The molecular weight excluding hydrogens is 338 g/mol. The highest BCUT2D eigenvalue weighted by molar-refractivity contribution is 8.13. The molecule has 0 aliphatic rings. The van der Waals surface area contributed by atoms with Crippen molar-refractivity contribution in [3.63, 3.8) is 0 Å². The molecule has 0 saturated heterocycles. The van der Waals surface area contributed by atoms with Crippen LogP contribution in [0.15, 0.2) is 56.9 Å². The van der Waals surface area contributed by atoms with Gasteiger partial charge in [0, 0.05) is 23.6 Å². The number of benzene rings is 1. The molecule has 114 valence electrons. The van der Waals surface area contributed by atoms with Crippen molar-refractivity contribution in [2.45, 2.75) is 16.2 Å². The van der Waals surface area contributed by atoms with Crippen LogP contribution < -0.4 is 4.72 Å². The van der Waals surface area contributed by atoms with Crippen molar-refractivity contribution in [3.8, 4) is 0 Å². The summed E-state index contributed by atoms with van der Waals surface area (Å²) in [6.45, 7) is 0.133. The van der Waals surface area contributed by atoms with E-state index in [4.69, 9.17) is 15.1 Å². The molecule has 0 amide bonds. The predicted molar refractivity (Wildman–Crippen MR) is 77.1 cm³/mol. The Bertz CT molecular complexity index is 813. The van der Waals surface area contributed by atoms with Crippen LogP contribution in [0.2, 0.25) is 0 Å². The summed E-state index contributed by atoms with van der Waals surface area (Å²) in [5.41, 5.74) is 0. The molecule has 1 heterocycles. The second-order valence-electron chi connectivity index (χ2n) is 4.14. The first-order valence-corrected chi connectivity index (χ1v) is 9.65. The fourth-order valence-corrected chi connectivity index (χ4v) is 3.59. The second kappa shape index (κ2) is 6.18. The van der Waals surface area contributed by atoms with Crippen LogP contribution in [0.3, 0.4) is 0 Å². The molecule has 6 nitrogen and oxygen atoms in total. The molecule has 2 aromatic rings. The van der Waals surface area contributed by atoms with Crippen molar-refractivity contribution in [2.75, 3.05) is 6.54 Å². The molecule has 0 saturated carbocycles. The van der Waals surface area contributed by atoms with E-state index < -0.39 is 19.1 Å². The summed E-state index contributed by atoms with van der Waals surface area (Å²) in [5, 5.41) is 0. The van der Waals surface area contributed by atoms with Gasteiger partial charge < -0.3 is 4.42 Å². The Morgan fingerprint density at radius 3 is 2.38 bits per heavy atom. The van der Waals surface area contributed by atoms with Crippen LogP contribution in [0.5, 0.6) is 0 Å². The first-order chi connectivity index (χ1) is 9.79. The summed E-state index contributed by atoms with van der Waals surface area (Å²) in [5.74, 6) is 0.648. The molecular formula is C12H12ClNO5S2. The lowest BCUT2D eigenvalue weighted by molar-refractivity contribution is 0.506. The average molecular weight is 350 g/mol. The van der Waals surface area contributed by atoms with Gasteiger partial charge in [-0.15, -0.1) is 0 Å². The van der Waals surface area contributed by atoms with Gasteiger partial charge in [0.25, 0.3) is 9.05 Å². The van der Waals surface area contributed by atoms with Gasteiger partial charge in [-0.05, 0) is 30.3 Å². The van der Waals surface area contributed by atoms with E-state index in [9.17, 15) is 16.8 Å². The van der Waals surface area contributed by atoms with Crippen molar-refractivity contribution >= 4 is 29.8 Å². The van der Waals surface area contributed by atoms with Crippen molar-refractivity contribution < 1.29 is 21.3 Å². The van der Waals surface area contributed by atoms with Gasteiger partial charge in [-0.3, -0.25) is 0 Å². The zero-order chi connectivity index (χ0) is 15.5. The smallest absolute Gasteiger partial charge is 0.261 e. The average Bonchev–Trinajstić information content (AvgIpc) is 2.91. The van der Waals surface area contributed by atoms with E-state index in [1.54, 1.807) is 12.1 Å². The van der Waals surface area contributed by atoms with E-state index in [1.807, 2.05) is 0 Å². The monoisotopic (exact) mass is 349 g/mol. The van der Waals surface area contributed by atoms with Crippen LogP contribution in [-0.4, -0.2) is 23.4 Å². The van der Waals surface area contributed by atoms with Gasteiger partial charge in [0.05, 0.1) is 16.1 Å². The maximum absolute atomic E-state index is 12.1. The number of halogens is 1. The van der Waals surface area contributed by atoms with Crippen molar-refractivity contribution in [1.82, 2.24) is 4.72 Å². The summed E-state index contributed by atoms with van der Waals surface area (Å²) in [4.78, 5) is -0.429. The number of sulfonamides is 1. The van der Waals surface area contributed by atoms with Crippen LogP contribution in [0.1, 0.15) is 5.76 Å². The molecule has 0 aliphatic carbocycles. The third-order valence-electron chi connectivity index (χ3n) is 2.64. The number of nitrogens with one attached hydrogen (secondary N) is 1. The number of rotatable bonds is 6. The Morgan fingerprint density at radius 2 is 1.76 bits per heavy atom. The topological polar surface area (TPSA) is 93.5 Å². The van der Waals surface area contributed by atoms with Gasteiger partial charge >= 0.3 is 0 Å². The second-order valence-corrected chi connectivity index (χ2v) is 8.47. The van der Waals surface area contributed by atoms with Crippen LogP contribution in [0.4, 0.5) is 0 Å². The summed E-state index contributed by atoms with van der Waals surface area (Å²) in [6.07, 6.45) is 1.89. The quantitative estimate of drug-likeness (QED) is 0.801. The SMILES string of the molecule is O=S(=O)(Cl)c1cccc(S(=O)(=O)NCCc2ccco2)c1. The zero-order valence-corrected chi connectivity index (χ0v) is 13.1. The molecule has 0 fully saturated rings. The molecule has 1 aromatic heterocycles. The molecule has 0 spiro atoms. The van der Waals surface area contributed by atoms with Crippen molar-refractivity contribution in [2.24, 2.45) is 0 Å². The van der Waals surface area contributed by atoms with Crippen LogP contribution >= 0.6 is 10.7 Å². The first-order valence-electron chi connectivity index (χ1n) is 5.86. The van der Waals surface area contributed by atoms with Gasteiger partial charge in [-0.25, -0.2) is 21.6 Å². The highest BCUT2D eigenvalue weighted by atomic mass is 35.7. The molecule has 0 atom stereocenters. The fraction of sp³-hybridized carbons (Fsp3) is 0.167. The summed E-state index contributed by atoms with van der Waals surface area (Å²) >= 11 is 0. The lowest BCUT2D eigenvalue weighted by Gasteiger charge is -2.06. The molecule has 9 heteroatoms. The Balaban J connectivity index is 2.12. The minimum atomic E-state index is -3.98. The van der Waals surface area contributed by atoms with E-state index in [2.05, 4.69) is 4.72 Å². The number of hydrogen-bond acceptors (Lipinski definition) is 5. The Hall–Kier alpha value is -1.35. The van der Waals surface area contributed by atoms with Crippen LogP contribution in [0.25, 0.3) is 0 Å². The maximum atomic E-state index is 12.1. The van der Waals surface area contributed by atoms with E-state index in [0.29, 0.717) is 12.2 Å². The lowest BCUT2D eigenvalue weighted by atomic mass is 10.3. The molecule has 1 N–H and O–H groups in total. The summed E-state index contributed by atoms with van der Waals surface area (Å²) in [7, 11) is -2.59. The van der Waals surface area contributed by atoms with Crippen LogP contribution in [0, 0.1) is 0 Å². The molecule has 0 radical (unpaired) electrons. The molecule has 0 bridgehead atoms. The Kier molecular flexibility index (Phi) is 4.72. The van der Waals surface area contributed by atoms with Gasteiger partial charge in [0.1, 0.15) is 5.76 Å². The molecule has 2 rings (SSSR count). The Labute approximate surface area is 127 Å². The molecule has 21 heavy (non-hydrogen) atoms. The highest BCUT2D eigenvalue weighted by Gasteiger charge is 2.17. The van der Waals surface area contributed by atoms with Gasteiger partial charge in [0.2, 0.25) is 10.0 Å².